The molecule has 1 saturated heterocycles. The summed E-state index contributed by atoms with van der Waals surface area (Å²) in [5.74, 6) is -0.429. The molecular formula is C22H27FN2O5S. The van der Waals surface area contributed by atoms with Crippen molar-refractivity contribution in [2.75, 3.05) is 13.2 Å². The van der Waals surface area contributed by atoms with Crippen LogP contribution in [0.5, 0.6) is 5.75 Å². The minimum Gasteiger partial charge on any atom is -0.379 e. The first-order valence-electron chi connectivity index (χ1n) is 10.2. The quantitative estimate of drug-likeness (QED) is 0.620. The molecule has 3 rings (SSSR count). The monoisotopic (exact) mass is 450 g/mol. The molecular weight excluding hydrogens is 423 g/mol. The Morgan fingerprint density at radius 3 is 2.58 bits per heavy atom. The maximum absolute atomic E-state index is 13.2. The molecule has 1 atom stereocenters. The summed E-state index contributed by atoms with van der Waals surface area (Å²) < 4.78 is 49.5. The third kappa shape index (κ3) is 6.41. The number of amides is 2. The number of urea groups is 1. The summed E-state index contributed by atoms with van der Waals surface area (Å²) in [6.45, 7) is 4.94. The van der Waals surface area contributed by atoms with Crippen molar-refractivity contribution >= 4 is 16.1 Å². The molecule has 1 N–H and O–H groups in total. The third-order valence-electron chi connectivity index (χ3n) is 4.78. The van der Waals surface area contributed by atoms with Gasteiger partial charge in [-0.25, -0.2) is 9.18 Å². The van der Waals surface area contributed by atoms with Crippen LogP contribution >= 0.6 is 0 Å². The lowest BCUT2D eigenvalue weighted by Gasteiger charge is -2.27. The molecule has 0 aromatic heterocycles. The van der Waals surface area contributed by atoms with Crippen molar-refractivity contribution in [2.24, 2.45) is 0 Å². The van der Waals surface area contributed by atoms with E-state index in [1.807, 2.05) is 13.8 Å². The van der Waals surface area contributed by atoms with E-state index in [0.29, 0.717) is 18.7 Å². The standard InChI is InChI=1S/C22H27FN2O5S/c1-16(2)24-22(26)25(15-19-7-5-13-29-19)14-17-6-3-4-8-21(17)30-31(27,28)20-11-9-18(23)10-12-20/h3-4,6,8-12,16,19H,5,7,13-15H2,1-2H3,(H,24,26)/t19-/m0/s1. The van der Waals surface area contributed by atoms with Gasteiger partial charge in [0, 0.05) is 24.8 Å². The van der Waals surface area contributed by atoms with Gasteiger partial charge in [0.1, 0.15) is 16.5 Å². The Morgan fingerprint density at radius 1 is 1.23 bits per heavy atom. The first-order chi connectivity index (χ1) is 14.7. The van der Waals surface area contributed by atoms with E-state index < -0.39 is 15.9 Å². The molecule has 9 heteroatoms. The van der Waals surface area contributed by atoms with E-state index in [1.54, 1.807) is 23.1 Å². The number of nitrogens with one attached hydrogen (secondary N) is 1. The fourth-order valence-corrected chi connectivity index (χ4v) is 4.25. The third-order valence-corrected chi connectivity index (χ3v) is 6.03. The first-order valence-corrected chi connectivity index (χ1v) is 11.6. The van der Waals surface area contributed by atoms with Crippen molar-refractivity contribution in [3.05, 3.63) is 59.9 Å². The van der Waals surface area contributed by atoms with Crippen LogP contribution < -0.4 is 9.50 Å². The van der Waals surface area contributed by atoms with Gasteiger partial charge in [0.05, 0.1) is 12.6 Å². The molecule has 1 fully saturated rings. The van der Waals surface area contributed by atoms with E-state index in [-0.39, 0.29) is 35.4 Å². The van der Waals surface area contributed by atoms with Gasteiger partial charge in [0.2, 0.25) is 0 Å². The Kier molecular flexibility index (Phi) is 7.50. The Bertz CT molecular complexity index is 989. The van der Waals surface area contributed by atoms with Crippen molar-refractivity contribution in [2.45, 2.75) is 50.3 Å². The smallest absolute Gasteiger partial charge is 0.339 e. The summed E-state index contributed by atoms with van der Waals surface area (Å²) in [5, 5.41) is 2.87. The van der Waals surface area contributed by atoms with E-state index in [4.69, 9.17) is 8.92 Å². The van der Waals surface area contributed by atoms with Gasteiger partial charge in [0.15, 0.2) is 0 Å². The molecule has 0 radical (unpaired) electrons. The second-order valence-electron chi connectivity index (χ2n) is 7.72. The molecule has 31 heavy (non-hydrogen) atoms. The van der Waals surface area contributed by atoms with E-state index >= 15 is 0 Å². The number of ether oxygens (including phenoxy) is 1. The van der Waals surface area contributed by atoms with Gasteiger partial charge in [0.25, 0.3) is 0 Å². The van der Waals surface area contributed by atoms with Gasteiger partial charge in [-0.05, 0) is 57.0 Å². The molecule has 168 valence electrons. The Morgan fingerprint density at radius 2 is 1.94 bits per heavy atom. The molecule has 0 saturated carbocycles. The van der Waals surface area contributed by atoms with Crippen LogP contribution in [0.1, 0.15) is 32.3 Å². The summed E-state index contributed by atoms with van der Waals surface area (Å²) in [4.78, 5) is 14.2. The fraction of sp³-hybridized carbons (Fsp3) is 0.409. The number of carbonyl (C=O) groups excluding carboxylic acids is 1. The highest BCUT2D eigenvalue weighted by Crippen LogP contribution is 2.25. The number of hydrogen-bond donors (Lipinski definition) is 1. The van der Waals surface area contributed by atoms with Crippen LogP contribution in [0.3, 0.4) is 0 Å². The predicted octanol–water partition coefficient (Wildman–Crippen LogP) is 3.69. The minimum absolute atomic E-state index is 0.0511. The molecule has 1 heterocycles. The van der Waals surface area contributed by atoms with Crippen molar-refractivity contribution in [3.63, 3.8) is 0 Å². The van der Waals surface area contributed by atoms with Gasteiger partial charge in [-0.2, -0.15) is 8.42 Å². The van der Waals surface area contributed by atoms with Gasteiger partial charge in [-0.1, -0.05) is 18.2 Å². The second kappa shape index (κ2) is 10.1. The number of nitrogens with zero attached hydrogens (tertiary/aromatic N) is 1. The predicted molar refractivity (Wildman–Crippen MR) is 114 cm³/mol. The molecule has 2 amide bonds. The van der Waals surface area contributed by atoms with Gasteiger partial charge < -0.3 is 19.1 Å². The van der Waals surface area contributed by atoms with Crippen LogP contribution in [-0.4, -0.2) is 44.6 Å². The summed E-state index contributed by atoms with van der Waals surface area (Å²) in [6, 6.07) is 10.7. The normalized spacial score (nSPS) is 16.3. The van der Waals surface area contributed by atoms with E-state index in [0.717, 1.165) is 37.1 Å². The molecule has 0 aliphatic carbocycles. The van der Waals surface area contributed by atoms with Crippen molar-refractivity contribution < 1.29 is 26.5 Å². The van der Waals surface area contributed by atoms with Crippen molar-refractivity contribution in [1.82, 2.24) is 10.2 Å². The molecule has 1 aliphatic heterocycles. The molecule has 0 bridgehead atoms. The average molecular weight is 451 g/mol. The van der Waals surface area contributed by atoms with Crippen LogP contribution in [0, 0.1) is 5.82 Å². The van der Waals surface area contributed by atoms with Gasteiger partial charge in [-0.3, -0.25) is 0 Å². The van der Waals surface area contributed by atoms with Gasteiger partial charge in [-0.15, -0.1) is 0 Å². The molecule has 1 aliphatic rings. The average Bonchev–Trinajstić information content (AvgIpc) is 3.21. The number of halogens is 1. The van der Waals surface area contributed by atoms with E-state index in [1.165, 1.54) is 6.07 Å². The molecule has 2 aromatic carbocycles. The zero-order valence-corrected chi connectivity index (χ0v) is 18.4. The van der Waals surface area contributed by atoms with Crippen molar-refractivity contribution in [3.8, 4) is 5.75 Å². The maximum Gasteiger partial charge on any atom is 0.339 e. The fourth-order valence-electron chi connectivity index (χ4n) is 3.28. The summed E-state index contributed by atoms with van der Waals surface area (Å²) in [7, 11) is -4.16. The Labute approximate surface area is 182 Å². The number of para-hydroxylation sites is 1. The zero-order valence-electron chi connectivity index (χ0n) is 17.6. The Balaban J connectivity index is 1.82. The van der Waals surface area contributed by atoms with E-state index in [9.17, 15) is 17.6 Å². The molecule has 7 nitrogen and oxygen atoms in total. The van der Waals surface area contributed by atoms with Crippen LogP contribution in [-0.2, 0) is 21.4 Å². The lowest BCUT2D eigenvalue weighted by atomic mass is 10.1. The summed E-state index contributed by atoms with van der Waals surface area (Å²) in [5.41, 5.74) is 0.532. The van der Waals surface area contributed by atoms with Gasteiger partial charge >= 0.3 is 16.1 Å². The highest BCUT2D eigenvalue weighted by atomic mass is 32.2. The molecule has 0 spiro atoms. The first kappa shape index (κ1) is 23.0. The number of hydrogen-bond acceptors (Lipinski definition) is 5. The number of rotatable bonds is 8. The van der Waals surface area contributed by atoms with Crippen LogP contribution in [0.25, 0.3) is 0 Å². The number of benzene rings is 2. The highest BCUT2D eigenvalue weighted by molar-refractivity contribution is 7.87. The van der Waals surface area contributed by atoms with Crippen LogP contribution in [0.4, 0.5) is 9.18 Å². The largest absolute Gasteiger partial charge is 0.379 e. The van der Waals surface area contributed by atoms with Crippen LogP contribution in [0.15, 0.2) is 53.4 Å². The summed E-state index contributed by atoms with van der Waals surface area (Å²) in [6.07, 6.45) is 1.75. The lowest BCUT2D eigenvalue weighted by Crippen LogP contribution is -2.45. The Hall–Kier alpha value is -2.65. The summed E-state index contributed by atoms with van der Waals surface area (Å²) >= 11 is 0. The second-order valence-corrected chi connectivity index (χ2v) is 9.27. The van der Waals surface area contributed by atoms with Crippen LogP contribution in [0.2, 0.25) is 0 Å². The SMILES string of the molecule is CC(C)NC(=O)N(Cc1ccccc1OS(=O)(=O)c1ccc(F)cc1)C[C@@H]1CCCO1. The maximum atomic E-state index is 13.2. The number of carbonyl (C=O) groups is 1. The van der Waals surface area contributed by atoms with Crippen molar-refractivity contribution in [1.29, 1.82) is 0 Å². The zero-order chi connectivity index (χ0) is 22.4. The lowest BCUT2D eigenvalue weighted by molar-refractivity contribution is 0.0790. The molecule has 0 unspecified atom stereocenters. The topological polar surface area (TPSA) is 84.9 Å². The minimum atomic E-state index is -4.16. The molecule has 2 aromatic rings. The highest BCUT2D eigenvalue weighted by Gasteiger charge is 2.25. The van der Waals surface area contributed by atoms with E-state index in [2.05, 4.69) is 5.32 Å².